The SMILES string of the molecule is Cc1nn(C(C)(C)C)cc1C(C)Nc1cnn(C)c1. The molecule has 2 aromatic rings. The van der Waals surface area contributed by atoms with Crippen molar-refractivity contribution in [2.45, 2.75) is 46.2 Å². The fraction of sp³-hybridized carbons (Fsp3) is 0.571. The average molecular weight is 261 g/mol. The maximum atomic E-state index is 4.61. The predicted molar refractivity (Wildman–Crippen MR) is 77.2 cm³/mol. The lowest BCUT2D eigenvalue weighted by molar-refractivity contribution is 0.354. The molecule has 0 aliphatic rings. The van der Waals surface area contributed by atoms with Gasteiger partial charge in [0, 0.05) is 25.0 Å². The van der Waals surface area contributed by atoms with Gasteiger partial charge in [-0.25, -0.2) is 0 Å². The van der Waals surface area contributed by atoms with Gasteiger partial charge in [0.05, 0.1) is 29.2 Å². The first-order valence-electron chi connectivity index (χ1n) is 6.59. The van der Waals surface area contributed by atoms with Crippen molar-refractivity contribution in [3.05, 3.63) is 29.8 Å². The van der Waals surface area contributed by atoms with E-state index < -0.39 is 0 Å². The summed E-state index contributed by atoms with van der Waals surface area (Å²) < 4.78 is 3.82. The van der Waals surface area contributed by atoms with Crippen molar-refractivity contribution in [3.63, 3.8) is 0 Å². The van der Waals surface area contributed by atoms with Crippen molar-refractivity contribution in [2.75, 3.05) is 5.32 Å². The molecule has 2 heterocycles. The minimum absolute atomic E-state index is 0.0109. The Morgan fingerprint density at radius 1 is 1.26 bits per heavy atom. The fourth-order valence-corrected chi connectivity index (χ4v) is 2.07. The van der Waals surface area contributed by atoms with Gasteiger partial charge in [0.1, 0.15) is 0 Å². The van der Waals surface area contributed by atoms with E-state index in [1.807, 2.05) is 24.1 Å². The van der Waals surface area contributed by atoms with Gasteiger partial charge in [-0.15, -0.1) is 0 Å². The highest BCUT2D eigenvalue weighted by Gasteiger charge is 2.19. The van der Waals surface area contributed by atoms with Gasteiger partial charge in [0.25, 0.3) is 0 Å². The summed E-state index contributed by atoms with van der Waals surface area (Å²) in [6.45, 7) is 10.7. The Morgan fingerprint density at radius 2 is 1.95 bits per heavy atom. The molecule has 1 N–H and O–H groups in total. The molecule has 2 rings (SSSR count). The van der Waals surface area contributed by atoms with Gasteiger partial charge in [0.2, 0.25) is 0 Å². The molecule has 2 aromatic heterocycles. The van der Waals surface area contributed by atoms with Crippen LogP contribution in [0, 0.1) is 6.92 Å². The minimum Gasteiger partial charge on any atom is -0.376 e. The summed E-state index contributed by atoms with van der Waals surface area (Å²) in [4.78, 5) is 0. The Hall–Kier alpha value is -1.78. The molecular formula is C14H23N5. The molecule has 0 bridgehead atoms. The summed E-state index contributed by atoms with van der Waals surface area (Å²) in [6, 6.07) is 0.209. The molecule has 0 aliphatic carbocycles. The predicted octanol–water partition coefficient (Wildman–Crippen LogP) is 2.85. The van der Waals surface area contributed by atoms with Gasteiger partial charge in [-0.2, -0.15) is 10.2 Å². The van der Waals surface area contributed by atoms with Crippen molar-refractivity contribution in [1.29, 1.82) is 0 Å². The molecule has 1 atom stereocenters. The third kappa shape index (κ3) is 2.97. The highest BCUT2D eigenvalue weighted by Crippen LogP contribution is 2.23. The van der Waals surface area contributed by atoms with E-state index in [0.717, 1.165) is 11.4 Å². The Balaban J connectivity index is 2.19. The number of aryl methyl sites for hydroxylation is 2. The summed E-state index contributed by atoms with van der Waals surface area (Å²) in [7, 11) is 1.92. The third-order valence-electron chi connectivity index (χ3n) is 3.18. The molecule has 0 aromatic carbocycles. The molecule has 1 unspecified atom stereocenters. The van der Waals surface area contributed by atoms with Crippen LogP contribution >= 0.6 is 0 Å². The van der Waals surface area contributed by atoms with Crippen molar-refractivity contribution < 1.29 is 0 Å². The Kier molecular flexibility index (Phi) is 3.39. The number of nitrogens with one attached hydrogen (secondary N) is 1. The largest absolute Gasteiger partial charge is 0.376 e. The normalized spacial score (nSPS) is 13.6. The van der Waals surface area contributed by atoms with Crippen LogP contribution in [0.25, 0.3) is 0 Å². The summed E-state index contributed by atoms with van der Waals surface area (Å²) in [6.07, 6.45) is 5.93. The van der Waals surface area contributed by atoms with E-state index in [0.29, 0.717) is 0 Å². The van der Waals surface area contributed by atoms with Crippen LogP contribution in [0.3, 0.4) is 0 Å². The highest BCUT2D eigenvalue weighted by molar-refractivity contribution is 5.41. The maximum absolute atomic E-state index is 4.61. The van der Waals surface area contributed by atoms with Crippen LogP contribution in [0.15, 0.2) is 18.6 Å². The molecule has 0 fully saturated rings. The first-order valence-corrected chi connectivity index (χ1v) is 6.59. The number of nitrogens with zero attached hydrogens (tertiary/aromatic N) is 4. The van der Waals surface area contributed by atoms with Crippen LogP contribution in [-0.4, -0.2) is 19.6 Å². The standard InChI is InChI=1S/C14H23N5/c1-10(16-12-7-15-18(6)8-12)13-9-19(14(3,4)5)17-11(13)2/h7-10,16H,1-6H3. The van der Waals surface area contributed by atoms with Gasteiger partial charge in [-0.1, -0.05) is 0 Å². The van der Waals surface area contributed by atoms with E-state index >= 15 is 0 Å². The summed E-state index contributed by atoms with van der Waals surface area (Å²) in [5.74, 6) is 0. The molecule has 0 saturated carbocycles. The van der Waals surface area contributed by atoms with Crippen molar-refractivity contribution >= 4 is 5.69 Å². The summed E-state index contributed by atoms with van der Waals surface area (Å²) in [5, 5.41) is 12.2. The Bertz CT molecular complexity index is 559. The monoisotopic (exact) mass is 261 g/mol. The smallest absolute Gasteiger partial charge is 0.0731 e. The molecule has 0 aliphatic heterocycles. The van der Waals surface area contributed by atoms with Gasteiger partial charge < -0.3 is 5.32 Å². The lowest BCUT2D eigenvalue weighted by atomic mass is 10.1. The van der Waals surface area contributed by atoms with E-state index in [2.05, 4.69) is 56.3 Å². The number of hydrogen-bond donors (Lipinski definition) is 1. The second-order valence-electron chi connectivity index (χ2n) is 6.05. The van der Waals surface area contributed by atoms with Crippen molar-refractivity contribution in [3.8, 4) is 0 Å². The van der Waals surface area contributed by atoms with Crippen LogP contribution in [0.4, 0.5) is 5.69 Å². The first-order chi connectivity index (χ1) is 8.77. The Morgan fingerprint density at radius 3 is 2.42 bits per heavy atom. The van der Waals surface area contributed by atoms with Crippen LogP contribution in [0.2, 0.25) is 0 Å². The third-order valence-corrected chi connectivity index (χ3v) is 3.18. The van der Waals surface area contributed by atoms with Gasteiger partial charge in [0.15, 0.2) is 0 Å². The second kappa shape index (κ2) is 4.72. The molecule has 0 amide bonds. The highest BCUT2D eigenvalue weighted by atomic mass is 15.3. The topological polar surface area (TPSA) is 47.7 Å². The van der Waals surface area contributed by atoms with Crippen LogP contribution in [0.1, 0.15) is 45.0 Å². The summed E-state index contributed by atoms with van der Waals surface area (Å²) in [5.41, 5.74) is 3.33. The molecule has 0 radical (unpaired) electrons. The van der Waals surface area contributed by atoms with Gasteiger partial charge in [-0.05, 0) is 34.6 Å². The number of aromatic nitrogens is 4. The van der Waals surface area contributed by atoms with E-state index in [-0.39, 0.29) is 11.6 Å². The molecule has 0 spiro atoms. The van der Waals surface area contributed by atoms with Crippen LogP contribution < -0.4 is 5.32 Å². The molecule has 19 heavy (non-hydrogen) atoms. The van der Waals surface area contributed by atoms with E-state index in [9.17, 15) is 0 Å². The van der Waals surface area contributed by atoms with Gasteiger partial charge in [-0.3, -0.25) is 9.36 Å². The molecule has 0 saturated heterocycles. The molecule has 5 heteroatoms. The number of hydrogen-bond acceptors (Lipinski definition) is 3. The first kappa shape index (κ1) is 13.6. The zero-order valence-electron chi connectivity index (χ0n) is 12.6. The van der Waals surface area contributed by atoms with Crippen LogP contribution in [0.5, 0.6) is 0 Å². The molecular weight excluding hydrogens is 238 g/mol. The summed E-state index contributed by atoms with van der Waals surface area (Å²) >= 11 is 0. The number of anilines is 1. The Labute approximate surface area is 114 Å². The minimum atomic E-state index is 0.0109. The fourth-order valence-electron chi connectivity index (χ4n) is 2.07. The second-order valence-corrected chi connectivity index (χ2v) is 6.05. The van der Waals surface area contributed by atoms with E-state index in [1.165, 1.54) is 5.56 Å². The lowest BCUT2D eigenvalue weighted by Crippen LogP contribution is -2.22. The molecule has 5 nitrogen and oxygen atoms in total. The van der Waals surface area contributed by atoms with Crippen molar-refractivity contribution in [2.24, 2.45) is 7.05 Å². The lowest BCUT2D eigenvalue weighted by Gasteiger charge is -2.19. The average Bonchev–Trinajstić information content (AvgIpc) is 2.84. The zero-order chi connectivity index (χ0) is 14.2. The zero-order valence-corrected chi connectivity index (χ0v) is 12.6. The number of rotatable bonds is 3. The van der Waals surface area contributed by atoms with Gasteiger partial charge >= 0.3 is 0 Å². The van der Waals surface area contributed by atoms with E-state index in [4.69, 9.17) is 0 Å². The maximum Gasteiger partial charge on any atom is 0.0731 e. The van der Waals surface area contributed by atoms with Crippen molar-refractivity contribution in [1.82, 2.24) is 19.6 Å². The van der Waals surface area contributed by atoms with Crippen LogP contribution in [-0.2, 0) is 12.6 Å². The quantitative estimate of drug-likeness (QED) is 0.924. The van der Waals surface area contributed by atoms with E-state index in [1.54, 1.807) is 4.68 Å². The molecule has 104 valence electrons.